The van der Waals surface area contributed by atoms with Crippen molar-refractivity contribution in [2.24, 2.45) is 5.10 Å². The van der Waals surface area contributed by atoms with Crippen molar-refractivity contribution in [1.82, 2.24) is 0 Å². The summed E-state index contributed by atoms with van der Waals surface area (Å²) in [5.74, 6) is -0.366. The van der Waals surface area contributed by atoms with Gasteiger partial charge in [0.25, 0.3) is 0 Å². The minimum atomic E-state index is -0.327. The van der Waals surface area contributed by atoms with E-state index in [1.165, 1.54) is 32.0 Å². The van der Waals surface area contributed by atoms with Gasteiger partial charge >= 0.3 is 0 Å². The lowest BCUT2D eigenvalue weighted by Crippen LogP contribution is -2.19. The molecule has 6 heteroatoms. The first-order chi connectivity index (χ1) is 7.91. The number of hydrogen-bond acceptors (Lipinski definition) is 5. The fourth-order valence-electron chi connectivity index (χ4n) is 1.14. The average molecular weight is 254 g/mol. The van der Waals surface area contributed by atoms with Crippen molar-refractivity contribution >= 4 is 34.5 Å². The van der Waals surface area contributed by atoms with E-state index in [0.717, 1.165) is 0 Å². The van der Waals surface area contributed by atoms with Gasteiger partial charge in [-0.25, -0.2) is 0 Å². The van der Waals surface area contributed by atoms with E-state index in [4.69, 9.17) is 17.0 Å². The van der Waals surface area contributed by atoms with E-state index in [-0.39, 0.29) is 28.6 Å². The predicted molar refractivity (Wildman–Crippen MR) is 68.3 cm³/mol. The topological polar surface area (TPSA) is 85.5 Å². The average Bonchev–Trinajstić information content (AvgIpc) is 2.22. The number of halogens is 1. The monoisotopic (exact) mass is 253 g/mol. The van der Waals surface area contributed by atoms with E-state index in [0.29, 0.717) is 5.02 Å². The van der Waals surface area contributed by atoms with Gasteiger partial charge in [0.1, 0.15) is 11.5 Å². The lowest BCUT2D eigenvalue weighted by molar-refractivity contribution is -0.110. The van der Waals surface area contributed by atoms with Crippen LogP contribution in [0.3, 0.4) is 0 Å². The molecule has 0 aliphatic carbocycles. The SMILES string of the molecule is CC(=N)/C(=N/Nc1cc(Cl)ccc1O)C(C)=O. The molecule has 0 radical (unpaired) electrons. The summed E-state index contributed by atoms with van der Waals surface area (Å²) in [5, 5.41) is 21.1. The van der Waals surface area contributed by atoms with Crippen molar-refractivity contribution in [2.45, 2.75) is 13.8 Å². The van der Waals surface area contributed by atoms with Gasteiger partial charge in [0.15, 0.2) is 5.78 Å². The molecule has 90 valence electrons. The van der Waals surface area contributed by atoms with Gasteiger partial charge in [-0.1, -0.05) is 11.6 Å². The molecule has 0 fully saturated rings. The zero-order chi connectivity index (χ0) is 13.0. The van der Waals surface area contributed by atoms with E-state index in [1.807, 2.05) is 0 Å². The Kier molecular flexibility index (Phi) is 4.23. The van der Waals surface area contributed by atoms with Gasteiger partial charge in [-0.05, 0) is 25.1 Å². The molecule has 0 unspecified atom stereocenters. The summed E-state index contributed by atoms with van der Waals surface area (Å²) in [4.78, 5) is 11.2. The van der Waals surface area contributed by atoms with Gasteiger partial charge in [-0.3, -0.25) is 10.2 Å². The highest BCUT2D eigenvalue weighted by Gasteiger charge is 2.09. The molecule has 0 spiro atoms. The number of Topliss-reactive ketones (excluding diaryl/α,β-unsaturated/α-hetero) is 1. The van der Waals surface area contributed by atoms with Crippen molar-refractivity contribution in [3.8, 4) is 5.75 Å². The lowest BCUT2D eigenvalue weighted by atomic mass is 10.2. The van der Waals surface area contributed by atoms with Crippen molar-refractivity contribution in [1.29, 1.82) is 5.41 Å². The highest BCUT2D eigenvalue weighted by Crippen LogP contribution is 2.26. The van der Waals surface area contributed by atoms with Crippen LogP contribution in [0, 0.1) is 5.41 Å². The summed E-state index contributed by atoms with van der Waals surface area (Å²) in [6.45, 7) is 2.77. The highest BCUT2D eigenvalue weighted by molar-refractivity contribution is 6.66. The number of rotatable bonds is 4. The molecule has 0 aliphatic rings. The summed E-state index contributed by atoms with van der Waals surface area (Å²) in [5.41, 5.74) is 2.84. The second kappa shape index (κ2) is 5.45. The first-order valence-corrected chi connectivity index (χ1v) is 5.18. The minimum absolute atomic E-state index is 0.00405. The van der Waals surface area contributed by atoms with Crippen LogP contribution < -0.4 is 5.43 Å². The second-order valence-electron chi connectivity index (χ2n) is 3.41. The van der Waals surface area contributed by atoms with Gasteiger partial charge in [0, 0.05) is 11.9 Å². The van der Waals surface area contributed by atoms with Crippen LogP contribution >= 0.6 is 11.6 Å². The van der Waals surface area contributed by atoms with Gasteiger partial charge < -0.3 is 10.5 Å². The molecule has 3 N–H and O–H groups in total. The Balaban J connectivity index is 2.98. The Morgan fingerprint density at radius 1 is 1.47 bits per heavy atom. The number of ketones is 1. The van der Waals surface area contributed by atoms with Crippen molar-refractivity contribution in [3.05, 3.63) is 23.2 Å². The van der Waals surface area contributed by atoms with E-state index in [1.54, 1.807) is 0 Å². The molecule has 0 atom stereocenters. The fraction of sp³-hybridized carbons (Fsp3) is 0.182. The molecule has 0 saturated carbocycles. The van der Waals surface area contributed by atoms with Crippen LogP contribution in [-0.4, -0.2) is 22.3 Å². The highest BCUT2D eigenvalue weighted by atomic mass is 35.5. The van der Waals surface area contributed by atoms with Crippen LogP contribution in [0.2, 0.25) is 5.02 Å². The smallest absolute Gasteiger partial charge is 0.181 e. The predicted octanol–water partition coefficient (Wildman–Crippen LogP) is 2.44. The fourth-order valence-corrected chi connectivity index (χ4v) is 1.31. The maximum Gasteiger partial charge on any atom is 0.181 e. The van der Waals surface area contributed by atoms with Crippen LogP contribution in [-0.2, 0) is 4.79 Å². The van der Waals surface area contributed by atoms with Gasteiger partial charge in [-0.2, -0.15) is 5.10 Å². The summed E-state index contributed by atoms with van der Waals surface area (Å²) >= 11 is 5.75. The second-order valence-corrected chi connectivity index (χ2v) is 3.85. The van der Waals surface area contributed by atoms with E-state index >= 15 is 0 Å². The first-order valence-electron chi connectivity index (χ1n) is 4.80. The summed E-state index contributed by atoms with van der Waals surface area (Å²) < 4.78 is 0. The zero-order valence-electron chi connectivity index (χ0n) is 9.41. The van der Waals surface area contributed by atoms with Crippen molar-refractivity contribution in [2.75, 3.05) is 5.43 Å². The Bertz CT molecular complexity index is 481. The zero-order valence-corrected chi connectivity index (χ0v) is 10.2. The number of benzene rings is 1. The quantitative estimate of drug-likeness (QED) is 0.438. The number of anilines is 1. The van der Waals surface area contributed by atoms with Crippen LogP contribution in [0.25, 0.3) is 0 Å². The number of hydrazone groups is 1. The molecular formula is C11H12ClN3O2. The Hall–Kier alpha value is -1.88. The molecule has 0 amide bonds. The Morgan fingerprint density at radius 2 is 2.12 bits per heavy atom. The minimum Gasteiger partial charge on any atom is -0.506 e. The van der Waals surface area contributed by atoms with Crippen molar-refractivity contribution in [3.63, 3.8) is 0 Å². The molecule has 17 heavy (non-hydrogen) atoms. The van der Waals surface area contributed by atoms with Gasteiger partial charge in [0.2, 0.25) is 0 Å². The number of hydrogen-bond donors (Lipinski definition) is 3. The molecule has 0 heterocycles. The molecule has 0 saturated heterocycles. The normalized spacial score (nSPS) is 11.1. The number of nitrogens with one attached hydrogen (secondary N) is 2. The Morgan fingerprint density at radius 3 is 2.65 bits per heavy atom. The molecule has 1 aromatic carbocycles. The number of phenols is 1. The third-order valence-corrected chi connectivity index (χ3v) is 2.17. The van der Waals surface area contributed by atoms with E-state index in [9.17, 15) is 9.90 Å². The Labute approximate surface area is 104 Å². The van der Waals surface area contributed by atoms with Gasteiger partial charge in [0.05, 0.1) is 11.4 Å². The number of nitrogens with zero attached hydrogens (tertiary/aromatic N) is 1. The summed E-state index contributed by atoms with van der Waals surface area (Å²) in [6, 6.07) is 4.40. The van der Waals surface area contributed by atoms with Crippen LogP contribution in [0.1, 0.15) is 13.8 Å². The summed E-state index contributed by atoms with van der Waals surface area (Å²) in [6.07, 6.45) is 0. The molecule has 5 nitrogen and oxygen atoms in total. The number of aromatic hydroxyl groups is 1. The number of carbonyl (C=O) groups is 1. The van der Waals surface area contributed by atoms with E-state index < -0.39 is 0 Å². The van der Waals surface area contributed by atoms with E-state index in [2.05, 4.69) is 10.5 Å². The third kappa shape index (κ3) is 3.57. The van der Waals surface area contributed by atoms with Gasteiger partial charge in [-0.15, -0.1) is 0 Å². The first kappa shape index (κ1) is 13.2. The van der Waals surface area contributed by atoms with Crippen LogP contribution in [0.4, 0.5) is 5.69 Å². The third-order valence-electron chi connectivity index (χ3n) is 1.94. The molecule has 1 aromatic rings. The summed E-state index contributed by atoms with van der Waals surface area (Å²) in [7, 11) is 0. The number of carbonyl (C=O) groups excluding carboxylic acids is 1. The molecule has 1 rings (SSSR count). The van der Waals surface area contributed by atoms with Crippen LogP contribution in [0.5, 0.6) is 5.75 Å². The largest absolute Gasteiger partial charge is 0.506 e. The number of phenolic OH excluding ortho intramolecular Hbond substituents is 1. The van der Waals surface area contributed by atoms with Crippen LogP contribution in [0.15, 0.2) is 23.3 Å². The molecule has 0 bridgehead atoms. The molecule has 0 aromatic heterocycles. The molecular weight excluding hydrogens is 242 g/mol. The van der Waals surface area contributed by atoms with Crippen molar-refractivity contribution < 1.29 is 9.90 Å². The standard InChI is InChI=1S/C11H12ClN3O2/c1-6(13)11(7(2)16)15-14-9-5-8(12)3-4-10(9)17/h3-5,13-14,17H,1-2H3/b13-6?,15-11-. The maximum absolute atomic E-state index is 11.2. The lowest BCUT2D eigenvalue weighted by Gasteiger charge is -2.05. The molecule has 0 aliphatic heterocycles. The maximum atomic E-state index is 11.2.